The van der Waals surface area contributed by atoms with E-state index in [1.165, 1.54) is 53.7 Å². The fourth-order valence-electron chi connectivity index (χ4n) is 8.06. The lowest BCUT2D eigenvalue weighted by Gasteiger charge is -2.17. The minimum atomic E-state index is -0.227. The third kappa shape index (κ3) is 6.67. The number of carbonyl (C=O) groups excluding carboxylic acids is 1. The van der Waals surface area contributed by atoms with Crippen molar-refractivity contribution in [3.63, 3.8) is 0 Å². The predicted octanol–water partition coefficient (Wildman–Crippen LogP) is 10.5. The van der Waals surface area contributed by atoms with Crippen LogP contribution in [0.1, 0.15) is 108 Å². The average molecular weight is 710 g/mol. The lowest BCUT2D eigenvalue weighted by Crippen LogP contribution is -2.33. The molecule has 2 aliphatic rings. The number of aromatic nitrogens is 1. The molecular weight excluding hydrogens is 663 g/mol. The van der Waals surface area contributed by atoms with Crippen LogP contribution in [0.2, 0.25) is 0 Å². The zero-order valence-corrected chi connectivity index (χ0v) is 31.8. The van der Waals surface area contributed by atoms with E-state index in [4.69, 9.17) is 0 Å². The van der Waals surface area contributed by atoms with Gasteiger partial charge in [-0.1, -0.05) is 160 Å². The lowest BCUT2D eigenvalue weighted by atomic mass is 9.86. The van der Waals surface area contributed by atoms with Gasteiger partial charge < -0.3 is 0 Å². The van der Waals surface area contributed by atoms with Crippen molar-refractivity contribution in [3.8, 4) is 0 Å². The van der Waals surface area contributed by atoms with Crippen LogP contribution in [-0.4, -0.2) is 10.4 Å². The Bertz CT molecular complexity index is 2260. The third-order valence-corrected chi connectivity index (χ3v) is 13.3. The number of nitrogens with zero attached hydrogens (tertiary/aromatic N) is 1. The first-order valence-corrected chi connectivity index (χ1v) is 20.3. The van der Waals surface area contributed by atoms with E-state index in [1.54, 1.807) is 23.1 Å². The molecule has 0 radical (unpaired) electrons. The van der Waals surface area contributed by atoms with Gasteiger partial charge in [-0.15, -0.1) is 11.3 Å². The summed E-state index contributed by atoms with van der Waals surface area (Å²) in [6.07, 6.45) is 8.31. The monoisotopic (exact) mass is 709 g/mol. The SMILES string of the molecule is CCCCCCCCC1C(c2ccccc2)=C(c2ccccc2)S/C1=c1/s/c(=C2\C(=O)c3c(C)ccc(C)c3C2c2ccccc2)n(CC)c1=O. The number of benzene rings is 4. The first-order valence-electron chi connectivity index (χ1n) is 18.6. The molecule has 0 saturated heterocycles. The second kappa shape index (κ2) is 15.6. The Hall–Kier alpha value is -4.19. The summed E-state index contributed by atoms with van der Waals surface area (Å²) in [6, 6.07) is 36.0. The van der Waals surface area contributed by atoms with Gasteiger partial charge in [0.15, 0.2) is 5.78 Å². The van der Waals surface area contributed by atoms with Crippen molar-refractivity contribution in [2.45, 2.75) is 85.1 Å². The maximum atomic E-state index is 14.8. The lowest BCUT2D eigenvalue weighted by molar-refractivity contribution is 0.105. The van der Waals surface area contributed by atoms with Crippen LogP contribution >= 0.6 is 23.1 Å². The Kier molecular flexibility index (Phi) is 10.8. The molecule has 0 bridgehead atoms. The van der Waals surface area contributed by atoms with E-state index >= 15 is 0 Å². The van der Waals surface area contributed by atoms with Gasteiger partial charge >= 0.3 is 0 Å². The van der Waals surface area contributed by atoms with Crippen LogP contribution < -0.4 is 14.8 Å². The molecule has 1 aliphatic carbocycles. The summed E-state index contributed by atoms with van der Waals surface area (Å²) in [5, 5.41) is 0. The minimum Gasteiger partial charge on any atom is -0.299 e. The highest BCUT2D eigenvalue weighted by Crippen LogP contribution is 2.56. The van der Waals surface area contributed by atoms with Gasteiger partial charge in [0.2, 0.25) is 0 Å². The van der Waals surface area contributed by atoms with E-state index in [0.717, 1.165) is 60.3 Å². The van der Waals surface area contributed by atoms with E-state index < -0.39 is 0 Å². The average Bonchev–Trinajstić information content (AvgIpc) is 3.81. The Labute approximate surface area is 310 Å². The number of fused-ring (bicyclic) bond motifs is 1. The number of hydrogen-bond acceptors (Lipinski definition) is 4. The second-order valence-electron chi connectivity index (χ2n) is 13.9. The second-order valence-corrected chi connectivity index (χ2v) is 16.0. The maximum absolute atomic E-state index is 14.8. The van der Waals surface area contributed by atoms with E-state index in [9.17, 15) is 9.59 Å². The van der Waals surface area contributed by atoms with Crippen LogP contribution in [0.25, 0.3) is 21.0 Å². The molecule has 2 unspecified atom stereocenters. The zero-order chi connectivity index (χ0) is 35.5. The number of ketones is 1. The summed E-state index contributed by atoms with van der Waals surface area (Å²) in [4.78, 5) is 31.9. The quantitative estimate of drug-likeness (QED) is 0.128. The van der Waals surface area contributed by atoms with Crippen molar-refractivity contribution in [2.75, 3.05) is 0 Å². The van der Waals surface area contributed by atoms with Gasteiger partial charge in [0.1, 0.15) is 9.20 Å². The van der Waals surface area contributed by atoms with Crippen molar-refractivity contribution >= 4 is 49.8 Å². The Balaban J connectivity index is 1.48. The van der Waals surface area contributed by atoms with Crippen molar-refractivity contribution < 1.29 is 4.79 Å². The maximum Gasteiger partial charge on any atom is 0.269 e. The number of thioether (sulfide) groups is 1. The van der Waals surface area contributed by atoms with Gasteiger partial charge in [-0.3, -0.25) is 14.2 Å². The van der Waals surface area contributed by atoms with E-state index in [-0.39, 0.29) is 23.2 Å². The van der Waals surface area contributed by atoms with Crippen LogP contribution in [0.3, 0.4) is 0 Å². The van der Waals surface area contributed by atoms with E-state index in [0.29, 0.717) is 6.54 Å². The number of hydrogen-bond donors (Lipinski definition) is 0. The topological polar surface area (TPSA) is 39.1 Å². The fourth-order valence-corrected chi connectivity index (χ4v) is 11.0. The first kappa shape index (κ1) is 35.2. The number of carbonyl (C=O) groups is 1. The van der Waals surface area contributed by atoms with Gasteiger partial charge in [0.25, 0.3) is 5.56 Å². The summed E-state index contributed by atoms with van der Waals surface area (Å²) in [5.41, 5.74) is 9.53. The largest absolute Gasteiger partial charge is 0.299 e. The summed E-state index contributed by atoms with van der Waals surface area (Å²) >= 11 is 3.32. The summed E-state index contributed by atoms with van der Waals surface area (Å²) < 4.78 is 3.47. The number of Topliss-reactive ketones (excluding diaryl/α,β-unsaturated/α-hetero) is 1. The van der Waals surface area contributed by atoms with E-state index in [1.807, 2.05) is 36.6 Å². The van der Waals surface area contributed by atoms with Crippen LogP contribution in [-0.2, 0) is 6.54 Å². The van der Waals surface area contributed by atoms with Crippen LogP contribution in [0.15, 0.2) is 108 Å². The van der Waals surface area contributed by atoms with Crippen LogP contribution in [0.4, 0.5) is 0 Å². The molecule has 7 rings (SSSR count). The zero-order valence-electron chi connectivity index (χ0n) is 30.2. The molecule has 0 N–H and O–H groups in total. The molecule has 2 heterocycles. The fraction of sp³-hybridized carbons (Fsp3) is 0.304. The van der Waals surface area contributed by atoms with Crippen molar-refractivity contribution in [2.24, 2.45) is 5.92 Å². The standard InChI is InChI=1S/C46H47NO2S2/c1-5-7-8-9-10-20-27-35-38(32-21-14-11-15-22-32)42(34-25-18-13-19-26-34)50-43(35)44-45(49)47(6-2)46(51-44)40-39(33-23-16-12-17-24-33)36-30(3)28-29-31(4)37(36)41(40)48/h11-19,21-26,28-29,35,39H,5-10,20,27H2,1-4H3/b44-43+,46-40-. The van der Waals surface area contributed by atoms with Gasteiger partial charge in [0.05, 0.1) is 0 Å². The Morgan fingerprint density at radius 2 is 1.27 bits per heavy atom. The molecule has 5 heteroatoms. The van der Waals surface area contributed by atoms with Crippen molar-refractivity contribution in [3.05, 3.63) is 162 Å². The Morgan fingerprint density at radius 1 is 0.667 bits per heavy atom. The number of thiazole rings is 1. The minimum absolute atomic E-state index is 0.0196. The van der Waals surface area contributed by atoms with Crippen LogP contribution in [0.5, 0.6) is 0 Å². The molecule has 5 aromatic rings. The predicted molar refractivity (Wildman–Crippen MR) is 218 cm³/mol. The molecule has 51 heavy (non-hydrogen) atoms. The van der Waals surface area contributed by atoms with Gasteiger partial charge in [-0.2, -0.15) is 0 Å². The van der Waals surface area contributed by atoms with Crippen molar-refractivity contribution in [1.82, 2.24) is 4.57 Å². The molecule has 1 aliphatic heterocycles. The highest BCUT2D eigenvalue weighted by Gasteiger charge is 2.40. The highest BCUT2D eigenvalue weighted by atomic mass is 32.2. The molecule has 2 atom stereocenters. The van der Waals surface area contributed by atoms with Crippen LogP contribution in [0, 0.1) is 19.8 Å². The van der Waals surface area contributed by atoms with Gasteiger partial charge in [-0.25, -0.2) is 0 Å². The smallest absolute Gasteiger partial charge is 0.269 e. The Morgan fingerprint density at radius 3 is 1.94 bits per heavy atom. The number of unbranched alkanes of at least 4 members (excludes halogenated alkanes) is 5. The van der Waals surface area contributed by atoms with E-state index in [2.05, 4.69) is 98.8 Å². The molecule has 0 saturated carbocycles. The number of allylic oxidation sites excluding steroid dienone is 1. The molecule has 0 fully saturated rings. The van der Waals surface area contributed by atoms with Gasteiger partial charge in [0, 0.05) is 39.3 Å². The molecule has 4 aromatic carbocycles. The van der Waals surface area contributed by atoms with Crippen molar-refractivity contribution in [1.29, 1.82) is 0 Å². The number of rotatable bonds is 11. The highest BCUT2D eigenvalue weighted by molar-refractivity contribution is 8.17. The summed E-state index contributed by atoms with van der Waals surface area (Å²) in [7, 11) is 0. The molecule has 0 spiro atoms. The third-order valence-electron chi connectivity index (χ3n) is 10.6. The summed E-state index contributed by atoms with van der Waals surface area (Å²) in [6.45, 7) is 8.94. The molecule has 3 nitrogen and oxygen atoms in total. The number of aryl methyl sites for hydroxylation is 2. The first-order chi connectivity index (χ1) is 24.9. The van der Waals surface area contributed by atoms with Gasteiger partial charge in [-0.05, 0) is 66.1 Å². The summed E-state index contributed by atoms with van der Waals surface area (Å²) in [5.74, 6) is -0.0784. The molecule has 260 valence electrons. The molecule has 0 amide bonds. The molecule has 1 aromatic heterocycles. The molecular formula is C46H47NO2S2. The normalized spacial score (nSPS) is 19.3.